The third kappa shape index (κ3) is 2.93. The normalized spacial score (nSPS) is 16.3. The van der Waals surface area contributed by atoms with Gasteiger partial charge >= 0.3 is 0 Å². The van der Waals surface area contributed by atoms with Crippen molar-refractivity contribution in [2.24, 2.45) is 4.99 Å². The molecule has 2 N–H and O–H groups in total. The van der Waals surface area contributed by atoms with Crippen molar-refractivity contribution in [2.45, 2.75) is 6.54 Å². The van der Waals surface area contributed by atoms with Crippen LogP contribution >= 0.6 is 23.1 Å². The molecule has 3 aromatic heterocycles. The van der Waals surface area contributed by atoms with E-state index in [4.69, 9.17) is 0 Å². The summed E-state index contributed by atoms with van der Waals surface area (Å²) in [5, 5.41) is 6.87. The molecule has 1 aliphatic heterocycles. The van der Waals surface area contributed by atoms with Crippen LogP contribution in [0.2, 0.25) is 0 Å². The number of carbonyl (C=O) groups excluding carboxylic acids is 1. The smallest absolute Gasteiger partial charge is 0.286 e. The first kappa shape index (κ1) is 14.2. The molecule has 0 aliphatic carbocycles. The summed E-state index contributed by atoms with van der Waals surface area (Å²) in [5.74, 6) is -0.207. The summed E-state index contributed by atoms with van der Waals surface area (Å²) in [5.41, 5.74) is 1.76. The number of carbonyl (C=O) groups is 1. The zero-order valence-corrected chi connectivity index (χ0v) is 13.6. The molecule has 0 saturated heterocycles. The summed E-state index contributed by atoms with van der Waals surface area (Å²) in [6, 6.07) is 7.92. The van der Waals surface area contributed by atoms with Crippen molar-refractivity contribution in [1.29, 1.82) is 0 Å². The van der Waals surface area contributed by atoms with Crippen molar-refractivity contribution >= 4 is 51.3 Å². The van der Waals surface area contributed by atoms with Crippen molar-refractivity contribution in [3.05, 3.63) is 57.4 Å². The van der Waals surface area contributed by atoms with Gasteiger partial charge in [0.1, 0.15) is 5.65 Å². The van der Waals surface area contributed by atoms with E-state index in [1.807, 2.05) is 35.9 Å². The predicted octanol–water partition coefficient (Wildman–Crippen LogP) is 3.38. The molecule has 3 aromatic rings. The SMILES string of the molecule is O=C1N=C(NCc2cccs2)S/C1=C\c1c[nH]c2ncccc12. The average Bonchev–Trinajstić information content (AvgIpc) is 3.28. The zero-order valence-electron chi connectivity index (χ0n) is 11.9. The molecule has 1 aliphatic rings. The van der Waals surface area contributed by atoms with E-state index in [1.54, 1.807) is 17.5 Å². The lowest BCUT2D eigenvalue weighted by molar-refractivity contribution is -0.113. The number of amides is 1. The van der Waals surface area contributed by atoms with Gasteiger partial charge in [0.15, 0.2) is 5.17 Å². The molecule has 7 heteroatoms. The average molecular weight is 340 g/mol. The maximum absolute atomic E-state index is 12.1. The number of fused-ring (bicyclic) bond motifs is 1. The summed E-state index contributed by atoms with van der Waals surface area (Å²) in [4.78, 5) is 25.3. The first-order valence-corrected chi connectivity index (χ1v) is 8.70. The molecule has 1 amide bonds. The Bertz CT molecular complexity index is 925. The van der Waals surface area contributed by atoms with Gasteiger partial charge in [-0.1, -0.05) is 6.07 Å². The van der Waals surface area contributed by atoms with Gasteiger partial charge in [-0.05, 0) is 41.4 Å². The topological polar surface area (TPSA) is 70.1 Å². The molecule has 4 heterocycles. The second-order valence-corrected chi connectivity index (χ2v) is 6.97. The maximum atomic E-state index is 12.1. The molecule has 0 radical (unpaired) electrons. The number of thiophene rings is 1. The van der Waals surface area contributed by atoms with Crippen molar-refractivity contribution < 1.29 is 4.79 Å². The highest BCUT2D eigenvalue weighted by atomic mass is 32.2. The largest absolute Gasteiger partial charge is 0.359 e. The molecule has 0 bridgehead atoms. The highest BCUT2D eigenvalue weighted by molar-refractivity contribution is 8.18. The van der Waals surface area contributed by atoms with E-state index in [0.717, 1.165) is 16.6 Å². The minimum atomic E-state index is -0.207. The van der Waals surface area contributed by atoms with Crippen LogP contribution in [0.1, 0.15) is 10.4 Å². The lowest BCUT2D eigenvalue weighted by atomic mass is 10.2. The molecule has 114 valence electrons. The molecular weight excluding hydrogens is 328 g/mol. The van der Waals surface area contributed by atoms with Crippen LogP contribution in [0.15, 0.2) is 51.9 Å². The fourth-order valence-corrected chi connectivity index (χ4v) is 3.74. The lowest BCUT2D eigenvalue weighted by Gasteiger charge is -2.01. The Morgan fingerprint density at radius 3 is 3.13 bits per heavy atom. The monoisotopic (exact) mass is 340 g/mol. The van der Waals surface area contributed by atoms with Gasteiger partial charge in [0.2, 0.25) is 0 Å². The second kappa shape index (κ2) is 6.02. The maximum Gasteiger partial charge on any atom is 0.286 e. The molecule has 23 heavy (non-hydrogen) atoms. The van der Waals surface area contributed by atoms with Crippen LogP contribution in [-0.4, -0.2) is 21.0 Å². The van der Waals surface area contributed by atoms with Crippen LogP contribution in [0, 0.1) is 0 Å². The van der Waals surface area contributed by atoms with Crippen molar-refractivity contribution in [3.8, 4) is 0 Å². The number of pyridine rings is 1. The molecule has 4 rings (SSSR count). The Morgan fingerprint density at radius 1 is 1.30 bits per heavy atom. The van der Waals surface area contributed by atoms with Crippen LogP contribution in [0.25, 0.3) is 17.1 Å². The number of thioether (sulfide) groups is 1. The van der Waals surface area contributed by atoms with Crippen LogP contribution in [0.3, 0.4) is 0 Å². The molecule has 0 spiro atoms. The van der Waals surface area contributed by atoms with Gasteiger partial charge < -0.3 is 10.3 Å². The zero-order chi connectivity index (χ0) is 15.6. The Morgan fingerprint density at radius 2 is 2.26 bits per heavy atom. The van der Waals surface area contributed by atoms with E-state index >= 15 is 0 Å². The van der Waals surface area contributed by atoms with E-state index in [0.29, 0.717) is 16.6 Å². The van der Waals surface area contributed by atoms with Crippen LogP contribution in [0.4, 0.5) is 0 Å². The highest BCUT2D eigenvalue weighted by Crippen LogP contribution is 2.29. The van der Waals surface area contributed by atoms with Gasteiger partial charge in [-0.15, -0.1) is 11.3 Å². The predicted molar refractivity (Wildman–Crippen MR) is 95.3 cm³/mol. The van der Waals surface area contributed by atoms with Gasteiger partial charge in [-0.3, -0.25) is 4.79 Å². The second-order valence-electron chi connectivity index (χ2n) is 4.91. The van der Waals surface area contributed by atoms with E-state index < -0.39 is 0 Å². The van der Waals surface area contributed by atoms with E-state index in [-0.39, 0.29) is 5.91 Å². The number of nitrogens with zero attached hydrogens (tertiary/aromatic N) is 2. The number of nitrogens with one attached hydrogen (secondary N) is 2. The Labute approximate surface area is 140 Å². The molecular formula is C16H12N4OS2. The Kier molecular flexibility index (Phi) is 3.72. The number of hydrogen-bond donors (Lipinski definition) is 2. The van der Waals surface area contributed by atoms with E-state index in [2.05, 4.69) is 26.3 Å². The third-order valence-electron chi connectivity index (χ3n) is 3.38. The van der Waals surface area contributed by atoms with Crippen LogP contribution < -0.4 is 5.32 Å². The fraction of sp³-hybridized carbons (Fsp3) is 0.0625. The quantitative estimate of drug-likeness (QED) is 0.717. The van der Waals surface area contributed by atoms with E-state index in [9.17, 15) is 4.79 Å². The fourth-order valence-electron chi connectivity index (χ4n) is 2.30. The summed E-state index contributed by atoms with van der Waals surface area (Å²) in [7, 11) is 0. The molecule has 5 nitrogen and oxygen atoms in total. The third-order valence-corrected chi connectivity index (χ3v) is 5.20. The van der Waals surface area contributed by atoms with Crippen molar-refractivity contribution in [2.75, 3.05) is 0 Å². The number of hydrogen-bond acceptors (Lipinski definition) is 5. The van der Waals surface area contributed by atoms with Gasteiger partial charge in [0.05, 0.1) is 11.4 Å². The van der Waals surface area contributed by atoms with Gasteiger partial charge in [0.25, 0.3) is 5.91 Å². The van der Waals surface area contributed by atoms with Crippen molar-refractivity contribution in [1.82, 2.24) is 15.3 Å². The molecule has 0 atom stereocenters. The number of amidine groups is 1. The molecule has 0 aromatic carbocycles. The highest BCUT2D eigenvalue weighted by Gasteiger charge is 2.22. The van der Waals surface area contributed by atoms with Gasteiger partial charge in [-0.2, -0.15) is 4.99 Å². The Balaban J connectivity index is 1.51. The minimum Gasteiger partial charge on any atom is -0.359 e. The Hall–Kier alpha value is -2.38. The number of rotatable bonds is 3. The summed E-state index contributed by atoms with van der Waals surface area (Å²) in [6.45, 7) is 0.682. The number of H-pyrrole nitrogens is 1. The number of aromatic nitrogens is 2. The first-order chi connectivity index (χ1) is 11.3. The van der Waals surface area contributed by atoms with Crippen LogP contribution in [0.5, 0.6) is 0 Å². The van der Waals surface area contributed by atoms with E-state index in [1.165, 1.54) is 16.6 Å². The molecule has 0 unspecified atom stereocenters. The first-order valence-electron chi connectivity index (χ1n) is 7.00. The molecule has 0 fully saturated rings. The van der Waals surface area contributed by atoms with Gasteiger partial charge in [-0.25, -0.2) is 4.98 Å². The minimum absolute atomic E-state index is 0.207. The summed E-state index contributed by atoms with van der Waals surface area (Å²) < 4.78 is 0. The van der Waals surface area contributed by atoms with Crippen molar-refractivity contribution in [3.63, 3.8) is 0 Å². The lowest BCUT2D eigenvalue weighted by Crippen LogP contribution is -2.17. The number of aliphatic imine (C=N–C) groups is 1. The van der Waals surface area contributed by atoms with Gasteiger partial charge in [0, 0.05) is 28.2 Å². The van der Waals surface area contributed by atoms with Crippen LogP contribution in [-0.2, 0) is 11.3 Å². The summed E-state index contributed by atoms with van der Waals surface area (Å²) in [6.07, 6.45) is 5.45. The number of aromatic amines is 1. The standard InChI is InChI=1S/C16H12N4OS2/c21-15-13(7-10-8-18-14-12(10)4-1-5-17-14)23-16(20-15)19-9-11-3-2-6-22-11/h1-8H,9H2,(H,17,18)(H,19,20,21)/b13-7-. The molecule has 0 saturated carbocycles. The summed E-state index contributed by atoms with van der Waals surface area (Å²) >= 11 is 3.04.